The second-order valence-electron chi connectivity index (χ2n) is 2.56. The second kappa shape index (κ2) is 3.86. The van der Waals surface area contributed by atoms with Gasteiger partial charge in [0.1, 0.15) is 5.82 Å². The van der Waals surface area contributed by atoms with Gasteiger partial charge in [-0.3, -0.25) is 10.2 Å². The van der Waals surface area contributed by atoms with Crippen molar-refractivity contribution in [3.8, 4) is 0 Å². The molecule has 5 heteroatoms. The lowest BCUT2D eigenvalue weighted by molar-refractivity contribution is -0.120. The van der Waals surface area contributed by atoms with Crippen LogP contribution < -0.4 is 17.0 Å². The molecule has 0 aromatic heterocycles. The molecule has 0 bridgehead atoms. The third kappa shape index (κ3) is 2.16. The van der Waals surface area contributed by atoms with E-state index >= 15 is 0 Å². The van der Waals surface area contributed by atoms with Crippen molar-refractivity contribution in [2.45, 2.75) is 6.42 Å². The van der Waals surface area contributed by atoms with Crippen LogP contribution in [0.2, 0.25) is 0 Å². The van der Waals surface area contributed by atoms with E-state index in [1.54, 1.807) is 6.07 Å². The summed E-state index contributed by atoms with van der Waals surface area (Å²) in [7, 11) is 0. The maximum Gasteiger partial charge on any atom is 0.238 e. The van der Waals surface area contributed by atoms with Crippen LogP contribution in [-0.4, -0.2) is 5.91 Å². The predicted octanol–water partition coefficient (Wildman–Crippen LogP) is -0.0597. The molecule has 5 N–H and O–H groups in total. The Morgan fingerprint density at radius 2 is 2.23 bits per heavy atom. The lowest BCUT2D eigenvalue weighted by Crippen LogP contribution is -2.31. The number of hydrazine groups is 1. The molecule has 0 saturated carbocycles. The fraction of sp³-hybridized carbons (Fsp3) is 0.125. The van der Waals surface area contributed by atoms with Crippen LogP contribution in [0.3, 0.4) is 0 Å². The number of carbonyl (C=O) groups is 1. The van der Waals surface area contributed by atoms with E-state index in [-0.39, 0.29) is 12.1 Å². The Morgan fingerprint density at radius 3 is 2.85 bits per heavy atom. The first kappa shape index (κ1) is 9.47. The van der Waals surface area contributed by atoms with E-state index < -0.39 is 11.7 Å². The van der Waals surface area contributed by atoms with E-state index in [0.29, 0.717) is 5.56 Å². The van der Waals surface area contributed by atoms with Gasteiger partial charge < -0.3 is 5.73 Å². The number of anilines is 1. The molecule has 1 amide bonds. The average Bonchev–Trinajstić information content (AvgIpc) is 2.13. The smallest absolute Gasteiger partial charge is 0.238 e. The Hall–Kier alpha value is -1.62. The van der Waals surface area contributed by atoms with Crippen molar-refractivity contribution in [2.75, 3.05) is 5.73 Å². The second-order valence-corrected chi connectivity index (χ2v) is 2.56. The largest absolute Gasteiger partial charge is 0.396 e. The SMILES string of the molecule is NNC(=O)Cc1cccc(F)c1N. The maximum absolute atomic E-state index is 12.8. The van der Waals surface area contributed by atoms with Crippen LogP contribution in [0.15, 0.2) is 18.2 Å². The summed E-state index contributed by atoms with van der Waals surface area (Å²) in [6.45, 7) is 0. The maximum atomic E-state index is 12.8. The van der Waals surface area contributed by atoms with Crippen molar-refractivity contribution < 1.29 is 9.18 Å². The Labute approximate surface area is 74.7 Å². The Morgan fingerprint density at radius 1 is 1.54 bits per heavy atom. The van der Waals surface area contributed by atoms with E-state index in [1.165, 1.54) is 12.1 Å². The van der Waals surface area contributed by atoms with Crippen molar-refractivity contribution >= 4 is 11.6 Å². The molecule has 0 aliphatic heterocycles. The molecule has 0 aliphatic rings. The molecule has 0 spiro atoms. The Bertz CT molecular complexity index is 327. The van der Waals surface area contributed by atoms with Crippen LogP contribution in [-0.2, 0) is 11.2 Å². The lowest BCUT2D eigenvalue weighted by atomic mass is 10.1. The zero-order valence-electron chi connectivity index (χ0n) is 6.88. The van der Waals surface area contributed by atoms with Crippen molar-refractivity contribution in [1.29, 1.82) is 0 Å². The van der Waals surface area contributed by atoms with E-state index in [4.69, 9.17) is 11.6 Å². The monoisotopic (exact) mass is 183 g/mol. The summed E-state index contributed by atoms with van der Waals surface area (Å²) in [5, 5.41) is 0. The van der Waals surface area contributed by atoms with E-state index in [0.717, 1.165) is 0 Å². The number of nitrogens with one attached hydrogen (secondary N) is 1. The molecule has 0 fully saturated rings. The number of benzene rings is 1. The summed E-state index contributed by atoms with van der Waals surface area (Å²) >= 11 is 0. The summed E-state index contributed by atoms with van der Waals surface area (Å²) in [4.78, 5) is 10.8. The van der Waals surface area contributed by atoms with Crippen molar-refractivity contribution in [1.82, 2.24) is 5.43 Å². The van der Waals surface area contributed by atoms with Crippen LogP contribution in [0.4, 0.5) is 10.1 Å². The van der Waals surface area contributed by atoms with Gasteiger partial charge in [-0.2, -0.15) is 0 Å². The molecule has 0 atom stereocenters. The number of halogens is 1. The predicted molar refractivity (Wildman–Crippen MR) is 46.8 cm³/mol. The minimum Gasteiger partial charge on any atom is -0.396 e. The molecule has 4 nitrogen and oxygen atoms in total. The molecule has 0 unspecified atom stereocenters. The highest BCUT2D eigenvalue weighted by atomic mass is 19.1. The summed E-state index contributed by atoms with van der Waals surface area (Å²) in [6.07, 6.45) is -0.0138. The molecule has 0 aliphatic carbocycles. The fourth-order valence-corrected chi connectivity index (χ4v) is 0.960. The number of amides is 1. The molecule has 0 saturated heterocycles. The molecule has 1 aromatic rings. The summed E-state index contributed by atoms with van der Waals surface area (Å²) < 4.78 is 12.8. The van der Waals surface area contributed by atoms with Gasteiger partial charge in [0.15, 0.2) is 0 Å². The average molecular weight is 183 g/mol. The highest BCUT2D eigenvalue weighted by Gasteiger charge is 2.07. The lowest BCUT2D eigenvalue weighted by Gasteiger charge is -2.04. The molecule has 1 aromatic carbocycles. The van der Waals surface area contributed by atoms with Crippen molar-refractivity contribution in [2.24, 2.45) is 5.84 Å². The number of rotatable bonds is 2. The number of nitrogen functional groups attached to an aromatic ring is 1. The third-order valence-corrected chi connectivity index (χ3v) is 1.66. The zero-order chi connectivity index (χ0) is 9.84. The van der Waals surface area contributed by atoms with Gasteiger partial charge in [-0.1, -0.05) is 12.1 Å². The van der Waals surface area contributed by atoms with Gasteiger partial charge in [0.25, 0.3) is 0 Å². The molecule has 0 radical (unpaired) electrons. The molecule has 13 heavy (non-hydrogen) atoms. The summed E-state index contributed by atoms with van der Waals surface area (Å²) in [6, 6.07) is 4.30. The number of carbonyl (C=O) groups excluding carboxylic acids is 1. The van der Waals surface area contributed by atoms with Gasteiger partial charge in [0.05, 0.1) is 12.1 Å². The highest BCUT2D eigenvalue weighted by molar-refractivity contribution is 5.79. The molecular formula is C8H10FN3O. The van der Waals surface area contributed by atoms with Gasteiger partial charge in [-0.15, -0.1) is 0 Å². The number of hydrogen-bond acceptors (Lipinski definition) is 3. The first-order valence-corrected chi connectivity index (χ1v) is 3.67. The first-order valence-electron chi connectivity index (χ1n) is 3.67. The minimum absolute atomic E-state index is 0.00824. The van der Waals surface area contributed by atoms with Crippen molar-refractivity contribution in [3.05, 3.63) is 29.6 Å². The molecule has 0 heterocycles. The number of nitrogens with two attached hydrogens (primary N) is 2. The topological polar surface area (TPSA) is 81.1 Å². The molecule has 1 rings (SSSR count). The normalized spacial score (nSPS) is 9.69. The third-order valence-electron chi connectivity index (χ3n) is 1.66. The van der Waals surface area contributed by atoms with E-state index in [9.17, 15) is 9.18 Å². The Balaban J connectivity index is 2.89. The van der Waals surface area contributed by atoms with Crippen LogP contribution in [0.1, 0.15) is 5.56 Å². The standard InChI is InChI=1S/C8H10FN3O/c9-6-3-1-2-5(8(6)10)4-7(13)12-11/h1-3H,4,10-11H2,(H,12,13). The number of para-hydroxylation sites is 1. The highest BCUT2D eigenvalue weighted by Crippen LogP contribution is 2.15. The molecular weight excluding hydrogens is 173 g/mol. The van der Waals surface area contributed by atoms with Crippen LogP contribution in [0.25, 0.3) is 0 Å². The minimum atomic E-state index is -0.526. The summed E-state index contributed by atoms with van der Waals surface area (Å²) in [5.74, 6) is 3.94. The fourth-order valence-electron chi connectivity index (χ4n) is 0.960. The van der Waals surface area contributed by atoms with Gasteiger partial charge in [0.2, 0.25) is 5.91 Å². The van der Waals surface area contributed by atoms with Gasteiger partial charge in [-0.25, -0.2) is 10.2 Å². The summed E-state index contributed by atoms with van der Waals surface area (Å²) in [5.41, 5.74) is 7.76. The Kier molecular flexibility index (Phi) is 2.81. The van der Waals surface area contributed by atoms with Crippen LogP contribution >= 0.6 is 0 Å². The van der Waals surface area contributed by atoms with Gasteiger partial charge in [-0.05, 0) is 11.6 Å². The van der Waals surface area contributed by atoms with E-state index in [1.807, 2.05) is 5.43 Å². The zero-order valence-corrected chi connectivity index (χ0v) is 6.88. The van der Waals surface area contributed by atoms with Crippen LogP contribution in [0.5, 0.6) is 0 Å². The van der Waals surface area contributed by atoms with Crippen LogP contribution in [0, 0.1) is 5.82 Å². The van der Waals surface area contributed by atoms with Crippen molar-refractivity contribution in [3.63, 3.8) is 0 Å². The van der Waals surface area contributed by atoms with Gasteiger partial charge in [0, 0.05) is 0 Å². The number of hydrogen-bond donors (Lipinski definition) is 3. The van der Waals surface area contributed by atoms with Gasteiger partial charge >= 0.3 is 0 Å². The first-order chi connectivity index (χ1) is 6.15. The molecule has 70 valence electrons. The van der Waals surface area contributed by atoms with E-state index in [2.05, 4.69) is 0 Å². The quantitative estimate of drug-likeness (QED) is 0.260.